The van der Waals surface area contributed by atoms with Crippen LogP contribution < -0.4 is 10.6 Å². The molecular weight excluding hydrogens is 383 g/mol. The van der Waals surface area contributed by atoms with Gasteiger partial charge in [-0.1, -0.05) is 12.1 Å². The summed E-state index contributed by atoms with van der Waals surface area (Å²) in [5, 5.41) is 7.15. The van der Waals surface area contributed by atoms with Gasteiger partial charge in [0.1, 0.15) is 0 Å². The number of aromatic nitrogens is 1. The van der Waals surface area contributed by atoms with Crippen LogP contribution in [0, 0.1) is 0 Å². The quantitative estimate of drug-likeness (QED) is 0.545. The summed E-state index contributed by atoms with van der Waals surface area (Å²) in [6.45, 7) is 5.33. The van der Waals surface area contributed by atoms with Crippen molar-refractivity contribution in [3.63, 3.8) is 0 Å². The Morgan fingerprint density at radius 2 is 2.15 bits per heavy atom. The summed E-state index contributed by atoms with van der Waals surface area (Å²) < 4.78 is 43.1. The van der Waals surface area contributed by atoms with Gasteiger partial charge >= 0.3 is 12.1 Å². The van der Waals surface area contributed by atoms with E-state index in [1.807, 2.05) is 0 Å². The van der Waals surface area contributed by atoms with Gasteiger partial charge in [0.25, 0.3) is 5.91 Å². The maximum absolute atomic E-state index is 12.7. The van der Waals surface area contributed by atoms with Gasteiger partial charge in [-0.3, -0.25) is 4.79 Å². The summed E-state index contributed by atoms with van der Waals surface area (Å²) in [5.41, 5.74) is -0.931. The third-order valence-electron chi connectivity index (χ3n) is 3.22. The van der Waals surface area contributed by atoms with Crippen LogP contribution in [0.1, 0.15) is 23.0 Å². The van der Waals surface area contributed by atoms with Crippen LogP contribution in [0.2, 0.25) is 0 Å². The summed E-state index contributed by atoms with van der Waals surface area (Å²) in [5.74, 6) is -1.58. The van der Waals surface area contributed by atoms with Crippen LogP contribution in [0.15, 0.2) is 42.3 Å². The Morgan fingerprint density at radius 1 is 1.41 bits per heavy atom. The van der Waals surface area contributed by atoms with Crippen LogP contribution in [-0.4, -0.2) is 29.5 Å². The number of carbonyl (C=O) groups excluding carboxylic acids is 2. The minimum Gasteiger partial charge on any atom is -0.448 e. The van der Waals surface area contributed by atoms with Crippen molar-refractivity contribution in [2.24, 2.45) is 0 Å². The van der Waals surface area contributed by atoms with Gasteiger partial charge in [-0.05, 0) is 25.1 Å². The SMILES string of the molecule is C=CCNc1nc(C(=O)O[C@@H](C)C(=O)Nc2cccc(C(F)(F)F)c2)cs1. The average Bonchev–Trinajstić information content (AvgIpc) is 3.08. The van der Waals surface area contributed by atoms with Crippen molar-refractivity contribution in [1.82, 2.24) is 4.98 Å². The molecule has 0 aliphatic rings. The lowest BCUT2D eigenvalue weighted by Gasteiger charge is -2.14. The molecule has 1 heterocycles. The Morgan fingerprint density at radius 3 is 2.81 bits per heavy atom. The predicted molar refractivity (Wildman–Crippen MR) is 95.8 cm³/mol. The topological polar surface area (TPSA) is 80.3 Å². The Bertz CT molecular complexity index is 836. The number of thiazole rings is 1. The number of halogens is 3. The highest BCUT2D eigenvalue weighted by Gasteiger charge is 2.30. The highest BCUT2D eigenvalue weighted by molar-refractivity contribution is 7.13. The standard InChI is InChI=1S/C17H16F3N3O3S/c1-3-7-21-16-23-13(9-27-16)15(25)26-10(2)14(24)22-12-6-4-5-11(8-12)17(18,19)20/h3-6,8-10H,1,7H2,2H3,(H,21,23)(H,22,24)/t10-/m0/s1. The first-order valence-corrected chi connectivity index (χ1v) is 8.58. The van der Waals surface area contributed by atoms with Crippen LogP contribution >= 0.6 is 11.3 Å². The lowest BCUT2D eigenvalue weighted by Crippen LogP contribution is -2.30. The van der Waals surface area contributed by atoms with Gasteiger partial charge in [0, 0.05) is 17.6 Å². The number of nitrogens with one attached hydrogen (secondary N) is 2. The molecule has 6 nitrogen and oxygen atoms in total. The van der Waals surface area contributed by atoms with Crippen LogP contribution in [0.4, 0.5) is 24.0 Å². The van der Waals surface area contributed by atoms with Crippen molar-refractivity contribution in [3.05, 3.63) is 53.6 Å². The molecular formula is C17H16F3N3O3S. The van der Waals surface area contributed by atoms with Crippen molar-refractivity contribution in [2.45, 2.75) is 19.2 Å². The fourth-order valence-corrected chi connectivity index (χ4v) is 2.59. The first kappa shape index (κ1) is 20.4. The molecule has 1 aromatic heterocycles. The zero-order chi connectivity index (χ0) is 20.0. The van der Waals surface area contributed by atoms with E-state index in [9.17, 15) is 22.8 Å². The van der Waals surface area contributed by atoms with Crippen molar-refractivity contribution >= 4 is 34.0 Å². The molecule has 2 aromatic rings. The van der Waals surface area contributed by atoms with E-state index in [0.29, 0.717) is 11.7 Å². The largest absolute Gasteiger partial charge is 0.448 e. The molecule has 2 N–H and O–H groups in total. The normalized spacial score (nSPS) is 12.1. The third kappa shape index (κ3) is 5.81. The Labute approximate surface area is 157 Å². The molecule has 2 rings (SSSR count). The van der Waals surface area contributed by atoms with E-state index in [-0.39, 0.29) is 11.4 Å². The second-order valence-electron chi connectivity index (χ2n) is 5.32. The summed E-state index contributed by atoms with van der Waals surface area (Å²) in [6.07, 6.45) is -4.13. The molecule has 0 saturated carbocycles. The Hall–Kier alpha value is -2.88. The first-order valence-electron chi connectivity index (χ1n) is 7.70. The smallest absolute Gasteiger partial charge is 0.416 e. The van der Waals surface area contributed by atoms with Crippen molar-refractivity contribution in [2.75, 3.05) is 17.2 Å². The van der Waals surface area contributed by atoms with E-state index in [1.54, 1.807) is 6.08 Å². The van der Waals surface area contributed by atoms with Crippen LogP contribution in [0.5, 0.6) is 0 Å². The number of alkyl halides is 3. The van der Waals surface area contributed by atoms with Crippen molar-refractivity contribution in [3.8, 4) is 0 Å². The minimum absolute atomic E-state index is 0.0188. The molecule has 0 spiro atoms. The predicted octanol–water partition coefficient (Wildman–Crippen LogP) is 3.94. The van der Waals surface area contributed by atoms with E-state index in [4.69, 9.17) is 4.74 Å². The second kappa shape index (κ2) is 8.67. The number of anilines is 2. The Kier molecular flexibility index (Phi) is 6.56. The molecule has 0 fully saturated rings. The van der Waals surface area contributed by atoms with Gasteiger partial charge in [0.05, 0.1) is 5.56 Å². The summed E-state index contributed by atoms with van der Waals surface area (Å²) in [7, 11) is 0. The van der Waals surface area contributed by atoms with Gasteiger partial charge < -0.3 is 15.4 Å². The summed E-state index contributed by atoms with van der Waals surface area (Å²) in [6, 6.07) is 4.16. The van der Waals surface area contributed by atoms with Gasteiger partial charge in [-0.2, -0.15) is 13.2 Å². The van der Waals surface area contributed by atoms with E-state index >= 15 is 0 Å². The average molecular weight is 399 g/mol. The van der Waals surface area contributed by atoms with Crippen LogP contribution in [0.25, 0.3) is 0 Å². The number of nitrogens with zero attached hydrogens (tertiary/aromatic N) is 1. The number of esters is 1. The second-order valence-corrected chi connectivity index (χ2v) is 6.18. The minimum atomic E-state index is -4.53. The summed E-state index contributed by atoms with van der Waals surface area (Å²) >= 11 is 1.18. The van der Waals surface area contributed by atoms with Gasteiger partial charge in [-0.25, -0.2) is 9.78 Å². The Balaban J connectivity index is 1.96. The van der Waals surface area contributed by atoms with Crippen LogP contribution in [0.3, 0.4) is 0 Å². The molecule has 0 unspecified atom stereocenters. The number of rotatable bonds is 7. The van der Waals surface area contributed by atoms with E-state index in [1.165, 1.54) is 35.8 Å². The highest BCUT2D eigenvalue weighted by atomic mass is 32.1. The number of hydrogen-bond acceptors (Lipinski definition) is 6. The van der Waals surface area contributed by atoms with Crippen LogP contribution in [-0.2, 0) is 15.7 Å². The number of carbonyl (C=O) groups is 2. The highest BCUT2D eigenvalue weighted by Crippen LogP contribution is 2.30. The van der Waals surface area contributed by atoms with E-state index in [0.717, 1.165) is 12.1 Å². The molecule has 0 bridgehead atoms. The maximum atomic E-state index is 12.7. The lowest BCUT2D eigenvalue weighted by atomic mass is 10.2. The molecule has 1 atom stereocenters. The molecule has 27 heavy (non-hydrogen) atoms. The summed E-state index contributed by atoms with van der Waals surface area (Å²) in [4.78, 5) is 28.1. The molecule has 144 valence electrons. The molecule has 0 aliphatic carbocycles. The van der Waals surface area contributed by atoms with Gasteiger partial charge in [0.15, 0.2) is 16.9 Å². The monoisotopic (exact) mass is 399 g/mol. The van der Waals surface area contributed by atoms with Gasteiger partial charge in [-0.15, -0.1) is 17.9 Å². The van der Waals surface area contributed by atoms with E-state index < -0.39 is 29.7 Å². The fourth-order valence-electron chi connectivity index (χ4n) is 1.90. The molecule has 10 heteroatoms. The zero-order valence-corrected chi connectivity index (χ0v) is 15.0. The fraction of sp³-hybridized carbons (Fsp3) is 0.235. The van der Waals surface area contributed by atoms with Crippen molar-refractivity contribution in [1.29, 1.82) is 0 Å². The number of benzene rings is 1. The van der Waals surface area contributed by atoms with Gasteiger partial charge in [0.2, 0.25) is 0 Å². The molecule has 1 amide bonds. The number of ether oxygens (including phenoxy) is 1. The molecule has 0 aliphatic heterocycles. The molecule has 0 radical (unpaired) electrons. The number of hydrogen-bond donors (Lipinski definition) is 2. The number of amides is 1. The molecule has 0 saturated heterocycles. The molecule has 1 aromatic carbocycles. The van der Waals surface area contributed by atoms with E-state index in [2.05, 4.69) is 22.2 Å². The maximum Gasteiger partial charge on any atom is 0.416 e. The third-order valence-corrected chi connectivity index (χ3v) is 4.02. The zero-order valence-electron chi connectivity index (χ0n) is 14.2. The lowest BCUT2D eigenvalue weighted by molar-refractivity contribution is -0.137. The van der Waals surface area contributed by atoms with Crippen molar-refractivity contribution < 1.29 is 27.5 Å². The first-order chi connectivity index (χ1) is 12.7.